The fraction of sp³-hybridized carbons (Fsp3) is 0.364. The molecule has 0 radical (unpaired) electrons. The van der Waals surface area contributed by atoms with E-state index in [0.717, 1.165) is 12.8 Å². The Kier molecular flexibility index (Phi) is 5.85. The Labute approximate surface area is 187 Å². The summed E-state index contributed by atoms with van der Waals surface area (Å²) in [6, 6.07) is 11.6. The summed E-state index contributed by atoms with van der Waals surface area (Å²) in [6.07, 6.45) is 3.06. The first-order chi connectivity index (χ1) is 15.1. The van der Waals surface area contributed by atoms with E-state index in [1.807, 2.05) is 0 Å². The van der Waals surface area contributed by atoms with Crippen molar-refractivity contribution in [2.24, 2.45) is 5.92 Å². The van der Waals surface area contributed by atoms with E-state index in [4.69, 9.17) is 0 Å². The van der Waals surface area contributed by atoms with Crippen molar-refractivity contribution in [2.45, 2.75) is 47.6 Å². The molecule has 0 unspecified atom stereocenters. The van der Waals surface area contributed by atoms with Crippen LogP contribution in [0.4, 0.5) is 5.69 Å². The Hall–Kier alpha value is -2.72. The van der Waals surface area contributed by atoms with Crippen LogP contribution in [0.3, 0.4) is 0 Å². The molecule has 2 aromatic carbocycles. The van der Waals surface area contributed by atoms with Crippen molar-refractivity contribution in [3.63, 3.8) is 0 Å². The molecular formula is C22H24N2O6S2. The van der Waals surface area contributed by atoms with Gasteiger partial charge in [0.25, 0.3) is 15.9 Å². The van der Waals surface area contributed by atoms with Gasteiger partial charge in [-0.15, -0.1) is 0 Å². The zero-order chi connectivity index (χ0) is 23.1. The van der Waals surface area contributed by atoms with Crippen molar-refractivity contribution < 1.29 is 26.4 Å². The van der Waals surface area contributed by atoms with Gasteiger partial charge < -0.3 is 5.32 Å². The topological polar surface area (TPSA) is 118 Å². The van der Waals surface area contributed by atoms with Gasteiger partial charge in [0.15, 0.2) is 9.84 Å². The summed E-state index contributed by atoms with van der Waals surface area (Å²) in [5.74, 6) is -0.913. The third-order valence-electron chi connectivity index (χ3n) is 6.07. The standard InChI is InChI=1S/C22H24N2O6S2/c1-15-6-10-17(11-7-15)31(27,28)18-12-8-16(9-13-18)23-21(25)14-24-22(26)19-4-2-3-5-20(19)32(24,29)30/h2-5,8-9,12-13,15,17H,6-7,10-11,14H2,1H3,(H,23,25). The van der Waals surface area contributed by atoms with E-state index in [0.29, 0.717) is 28.8 Å². The number of carbonyl (C=O) groups is 2. The molecule has 8 nitrogen and oxygen atoms in total. The fourth-order valence-corrected chi connectivity index (χ4v) is 7.50. The highest BCUT2D eigenvalue weighted by Crippen LogP contribution is 2.32. The van der Waals surface area contributed by atoms with Gasteiger partial charge in [-0.25, -0.2) is 21.1 Å². The number of nitrogens with zero attached hydrogens (tertiary/aromatic N) is 1. The summed E-state index contributed by atoms with van der Waals surface area (Å²) in [7, 11) is -7.53. The van der Waals surface area contributed by atoms with Crippen molar-refractivity contribution in [1.29, 1.82) is 0 Å². The fourth-order valence-electron chi connectivity index (χ4n) is 4.18. The van der Waals surface area contributed by atoms with Crippen molar-refractivity contribution in [2.75, 3.05) is 11.9 Å². The van der Waals surface area contributed by atoms with Crippen molar-refractivity contribution in [3.05, 3.63) is 54.1 Å². The van der Waals surface area contributed by atoms with Gasteiger partial charge in [-0.05, 0) is 68.0 Å². The average Bonchev–Trinajstić information content (AvgIpc) is 2.95. The highest BCUT2D eigenvalue weighted by molar-refractivity contribution is 7.92. The molecule has 32 heavy (non-hydrogen) atoms. The minimum absolute atomic E-state index is 0.0342. The molecule has 0 spiro atoms. The van der Waals surface area contributed by atoms with Gasteiger partial charge in [0.2, 0.25) is 5.91 Å². The minimum Gasteiger partial charge on any atom is -0.325 e. The molecule has 1 heterocycles. The predicted molar refractivity (Wildman–Crippen MR) is 118 cm³/mol. The number of rotatable bonds is 5. The molecule has 1 N–H and O–H groups in total. The molecule has 4 rings (SSSR count). The van der Waals surface area contributed by atoms with Crippen LogP contribution in [0, 0.1) is 5.92 Å². The first-order valence-electron chi connectivity index (χ1n) is 10.4. The number of carbonyl (C=O) groups excluding carboxylic acids is 2. The van der Waals surface area contributed by atoms with Gasteiger partial charge in [-0.3, -0.25) is 9.59 Å². The zero-order valence-electron chi connectivity index (χ0n) is 17.5. The minimum atomic E-state index is -4.08. The molecule has 2 amide bonds. The molecule has 1 saturated carbocycles. The van der Waals surface area contributed by atoms with Gasteiger partial charge in [0.05, 0.1) is 15.7 Å². The maximum atomic E-state index is 12.9. The summed E-state index contributed by atoms with van der Waals surface area (Å²) in [5.41, 5.74) is 0.347. The van der Waals surface area contributed by atoms with Gasteiger partial charge in [0, 0.05) is 5.69 Å². The number of hydrogen-bond acceptors (Lipinski definition) is 6. The quantitative estimate of drug-likeness (QED) is 0.709. The molecule has 0 aromatic heterocycles. The largest absolute Gasteiger partial charge is 0.325 e. The number of anilines is 1. The molecule has 0 atom stereocenters. The number of nitrogens with one attached hydrogen (secondary N) is 1. The summed E-state index contributed by atoms with van der Waals surface area (Å²) in [4.78, 5) is 24.9. The average molecular weight is 477 g/mol. The number of hydrogen-bond donors (Lipinski definition) is 1. The normalized spacial score (nSPS) is 22.4. The smallest absolute Gasteiger partial charge is 0.269 e. The highest BCUT2D eigenvalue weighted by Gasteiger charge is 2.41. The summed E-state index contributed by atoms with van der Waals surface area (Å²) >= 11 is 0. The molecule has 0 saturated heterocycles. The Balaban J connectivity index is 1.43. The Morgan fingerprint density at radius 1 is 1.03 bits per heavy atom. The van der Waals surface area contributed by atoms with Gasteiger partial charge in [-0.1, -0.05) is 19.1 Å². The Bertz CT molecular complexity index is 1260. The lowest BCUT2D eigenvalue weighted by atomic mass is 9.91. The van der Waals surface area contributed by atoms with Crippen LogP contribution in [0.2, 0.25) is 0 Å². The highest BCUT2D eigenvalue weighted by atomic mass is 32.2. The number of sulfone groups is 1. The molecule has 170 valence electrons. The summed E-state index contributed by atoms with van der Waals surface area (Å²) < 4.78 is 51.4. The Morgan fingerprint density at radius 2 is 1.66 bits per heavy atom. The van der Waals surface area contributed by atoms with Crippen LogP contribution < -0.4 is 5.32 Å². The SMILES string of the molecule is CC1CCC(S(=O)(=O)c2ccc(NC(=O)CN3C(=O)c4ccccc4S3(=O)=O)cc2)CC1. The molecule has 2 aliphatic rings. The van der Waals surface area contributed by atoms with Crippen LogP contribution in [0.25, 0.3) is 0 Å². The van der Waals surface area contributed by atoms with Crippen LogP contribution in [-0.4, -0.2) is 44.7 Å². The van der Waals surface area contributed by atoms with E-state index < -0.39 is 43.5 Å². The van der Waals surface area contributed by atoms with Gasteiger partial charge in [0.1, 0.15) is 11.4 Å². The molecular weight excluding hydrogens is 452 g/mol. The van der Waals surface area contributed by atoms with Gasteiger partial charge >= 0.3 is 0 Å². The molecule has 1 aliphatic carbocycles. The first-order valence-corrected chi connectivity index (χ1v) is 13.4. The second-order valence-corrected chi connectivity index (χ2v) is 12.4. The predicted octanol–water partition coefficient (Wildman–Crippen LogP) is 2.82. The second-order valence-electron chi connectivity index (χ2n) is 8.31. The number of fused-ring (bicyclic) bond motifs is 1. The zero-order valence-corrected chi connectivity index (χ0v) is 19.2. The summed E-state index contributed by atoms with van der Waals surface area (Å²) in [6.45, 7) is 1.45. The molecule has 1 fully saturated rings. The van der Waals surface area contributed by atoms with Crippen molar-refractivity contribution >= 4 is 37.4 Å². The Morgan fingerprint density at radius 3 is 2.28 bits per heavy atom. The van der Waals surface area contributed by atoms with Crippen LogP contribution in [0.15, 0.2) is 58.3 Å². The summed E-state index contributed by atoms with van der Waals surface area (Å²) in [5, 5.41) is 2.13. The molecule has 1 aliphatic heterocycles. The maximum absolute atomic E-state index is 12.9. The third kappa shape index (κ3) is 4.04. The van der Waals surface area contributed by atoms with E-state index in [-0.39, 0.29) is 15.4 Å². The number of sulfonamides is 1. The lowest BCUT2D eigenvalue weighted by Crippen LogP contribution is -2.37. The van der Waals surface area contributed by atoms with Crippen molar-refractivity contribution in [1.82, 2.24) is 4.31 Å². The van der Waals surface area contributed by atoms with E-state index in [1.165, 1.54) is 42.5 Å². The molecule has 0 bridgehead atoms. The molecule has 2 aromatic rings. The van der Waals surface area contributed by atoms with Crippen molar-refractivity contribution in [3.8, 4) is 0 Å². The van der Waals surface area contributed by atoms with E-state index in [1.54, 1.807) is 6.07 Å². The molecule has 10 heteroatoms. The second kappa shape index (κ2) is 8.32. The lowest BCUT2D eigenvalue weighted by molar-refractivity contribution is -0.116. The van der Waals surface area contributed by atoms with E-state index in [9.17, 15) is 26.4 Å². The van der Waals surface area contributed by atoms with Crippen LogP contribution in [0.1, 0.15) is 43.0 Å². The lowest BCUT2D eigenvalue weighted by Gasteiger charge is -2.26. The van der Waals surface area contributed by atoms with E-state index in [2.05, 4.69) is 12.2 Å². The third-order valence-corrected chi connectivity index (χ3v) is 10.1. The van der Waals surface area contributed by atoms with Crippen LogP contribution in [-0.2, 0) is 24.7 Å². The van der Waals surface area contributed by atoms with Crippen LogP contribution in [0.5, 0.6) is 0 Å². The maximum Gasteiger partial charge on any atom is 0.269 e. The first kappa shape index (κ1) is 22.5. The van der Waals surface area contributed by atoms with Gasteiger partial charge in [-0.2, -0.15) is 0 Å². The number of amides is 2. The van der Waals surface area contributed by atoms with E-state index >= 15 is 0 Å². The number of benzene rings is 2. The van der Waals surface area contributed by atoms with Crippen LogP contribution >= 0.6 is 0 Å². The monoisotopic (exact) mass is 476 g/mol.